The molecule has 2 saturated heterocycles. The van der Waals surface area contributed by atoms with Gasteiger partial charge >= 0.3 is 12.4 Å². The van der Waals surface area contributed by atoms with Crippen LogP contribution in [0.2, 0.25) is 0 Å². The van der Waals surface area contributed by atoms with E-state index in [2.05, 4.69) is 5.32 Å². The third-order valence-electron chi connectivity index (χ3n) is 5.09. The monoisotopic (exact) mass is 416 g/mol. The molecule has 1 spiro atoms. The zero-order valence-corrected chi connectivity index (χ0v) is 15.0. The number of amides is 1. The van der Waals surface area contributed by atoms with E-state index in [1.54, 1.807) is 0 Å². The number of nitrogens with one attached hydrogen (secondary N) is 1. The summed E-state index contributed by atoms with van der Waals surface area (Å²) in [5.41, 5.74) is -3.46. The van der Waals surface area contributed by atoms with Gasteiger partial charge in [-0.05, 0) is 49.6 Å². The lowest BCUT2D eigenvalue weighted by molar-refractivity contribution is -0.143. The molecule has 1 unspecified atom stereocenters. The Bertz CT molecular complexity index is 665. The summed E-state index contributed by atoms with van der Waals surface area (Å²) < 4.78 is 77.7. The fourth-order valence-electron chi connectivity index (χ4n) is 3.74. The van der Waals surface area contributed by atoms with Crippen LogP contribution in [0.15, 0.2) is 18.2 Å². The van der Waals surface area contributed by atoms with Crippen LogP contribution in [0.25, 0.3) is 0 Å². The average molecular weight is 417 g/mol. The number of halogens is 7. The van der Waals surface area contributed by atoms with E-state index in [4.69, 9.17) is 0 Å². The topological polar surface area (TPSA) is 32.3 Å². The molecule has 2 heterocycles. The molecule has 0 bridgehead atoms. The van der Waals surface area contributed by atoms with Crippen molar-refractivity contribution in [2.24, 2.45) is 5.41 Å². The Balaban J connectivity index is 0.00000261. The van der Waals surface area contributed by atoms with Crippen LogP contribution < -0.4 is 5.32 Å². The van der Waals surface area contributed by atoms with Crippen LogP contribution >= 0.6 is 12.4 Å². The van der Waals surface area contributed by atoms with Crippen LogP contribution in [0.3, 0.4) is 0 Å². The van der Waals surface area contributed by atoms with Gasteiger partial charge in [-0.25, -0.2) is 0 Å². The Hall–Kier alpha value is -1.48. The highest BCUT2D eigenvalue weighted by atomic mass is 35.5. The molecule has 0 radical (unpaired) electrons. The summed E-state index contributed by atoms with van der Waals surface area (Å²) in [5.74, 6) is -0.198. The third kappa shape index (κ3) is 4.51. The molecular formula is C17H19ClF6N2O. The lowest BCUT2D eigenvalue weighted by Gasteiger charge is -2.32. The summed E-state index contributed by atoms with van der Waals surface area (Å²) in [6, 6.07) is 1.47. The van der Waals surface area contributed by atoms with Crippen molar-refractivity contribution in [1.29, 1.82) is 0 Å². The van der Waals surface area contributed by atoms with E-state index in [9.17, 15) is 31.1 Å². The maximum Gasteiger partial charge on any atom is 0.416 e. The molecule has 10 heteroatoms. The minimum absolute atomic E-state index is 0. The summed E-state index contributed by atoms with van der Waals surface area (Å²) in [5, 5.41) is 3.15. The summed E-state index contributed by atoms with van der Waals surface area (Å²) >= 11 is 0. The molecule has 2 fully saturated rings. The maximum atomic E-state index is 13.0. The molecule has 3 rings (SSSR count). The summed E-state index contributed by atoms with van der Waals surface area (Å²) in [4.78, 5) is 14.1. The van der Waals surface area contributed by atoms with Crippen LogP contribution in [-0.2, 0) is 23.7 Å². The predicted molar refractivity (Wildman–Crippen MR) is 88.3 cm³/mol. The molecule has 0 aromatic heterocycles. The molecular weight excluding hydrogens is 398 g/mol. The number of hydrogen-bond donors (Lipinski definition) is 1. The first-order valence-corrected chi connectivity index (χ1v) is 8.30. The Kier molecular flexibility index (Phi) is 6.06. The molecule has 1 N–H and O–H groups in total. The first-order valence-electron chi connectivity index (χ1n) is 8.30. The number of alkyl halides is 6. The molecule has 0 saturated carbocycles. The van der Waals surface area contributed by atoms with Gasteiger partial charge < -0.3 is 10.2 Å². The minimum atomic E-state index is -4.89. The zero-order chi connectivity index (χ0) is 19.2. The average Bonchev–Trinajstić information content (AvgIpc) is 2.83. The summed E-state index contributed by atoms with van der Waals surface area (Å²) in [6.45, 7) is 1.38. The number of carbonyl (C=O) groups is 1. The molecule has 2 aliphatic heterocycles. The van der Waals surface area contributed by atoms with Crippen LogP contribution in [0.1, 0.15) is 36.0 Å². The SMILES string of the molecule is Cl.O=C1N(Cc2cc(C(F)(F)F)cc(C(F)(F)F)c2)CCC12CCCNC2. The van der Waals surface area contributed by atoms with Crippen molar-refractivity contribution in [2.75, 3.05) is 19.6 Å². The molecule has 3 nitrogen and oxygen atoms in total. The van der Waals surface area contributed by atoms with E-state index in [1.165, 1.54) is 4.90 Å². The van der Waals surface area contributed by atoms with Crippen molar-refractivity contribution < 1.29 is 31.1 Å². The highest BCUT2D eigenvalue weighted by Gasteiger charge is 2.47. The second-order valence-electron chi connectivity index (χ2n) is 6.95. The molecule has 1 amide bonds. The lowest BCUT2D eigenvalue weighted by atomic mass is 9.79. The largest absolute Gasteiger partial charge is 0.416 e. The van der Waals surface area contributed by atoms with E-state index in [0.29, 0.717) is 38.1 Å². The highest BCUT2D eigenvalue weighted by molar-refractivity contribution is 5.85. The molecule has 0 aliphatic carbocycles. The quantitative estimate of drug-likeness (QED) is 0.731. The van der Waals surface area contributed by atoms with Gasteiger partial charge in [0, 0.05) is 19.6 Å². The maximum absolute atomic E-state index is 13.0. The minimum Gasteiger partial charge on any atom is -0.338 e. The highest BCUT2D eigenvalue weighted by Crippen LogP contribution is 2.40. The number of piperidine rings is 1. The van der Waals surface area contributed by atoms with E-state index < -0.39 is 28.9 Å². The van der Waals surface area contributed by atoms with Crippen molar-refractivity contribution in [3.63, 3.8) is 0 Å². The van der Waals surface area contributed by atoms with Gasteiger partial charge in [0.25, 0.3) is 0 Å². The van der Waals surface area contributed by atoms with Crippen molar-refractivity contribution in [3.8, 4) is 0 Å². The molecule has 1 atom stereocenters. The molecule has 2 aliphatic rings. The predicted octanol–water partition coefficient (Wildman–Crippen LogP) is 4.25. The molecule has 27 heavy (non-hydrogen) atoms. The third-order valence-corrected chi connectivity index (χ3v) is 5.09. The fraction of sp³-hybridized carbons (Fsp3) is 0.588. The van der Waals surface area contributed by atoms with Crippen LogP contribution in [0.5, 0.6) is 0 Å². The Morgan fingerprint density at radius 1 is 1.00 bits per heavy atom. The van der Waals surface area contributed by atoms with Crippen LogP contribution in [-0.4, -0.2) is 30.4 Å². The summed E-state index contributed by atoms with van der Waals surface area (Å²) in [6.07, 6.45) is -7.71. The first-order chi connectivity index (χ1) is 12.0. The van der Waals surface area contributed by atoms with Crippen LogP contribution in [0.4, 0.5) is 26.3 Å². The number of carbonyl (C=O) groups excluding carboxylic acids is 1. The van der Waals surface area contributed by atoms with Crippen molar-refractivity contribution in [2.45, 2.75) is 38.2 Å². The van der Waals surface area contributed by atoms with Crippen molar-refractivity contribution in [1.82, 2.24) is 10.2 Å². The van der Waals surface area contributed by atoms with Gasteiger partial charge in [-0.1, -0.05) is 0 Å². The van der Waals surface area contributed by atoms with Gasteiger partial charge in [0.1, 0.15) is 0 Å². The van der Waals surface area contributed by atoms with E-state index in [0.717, 1.165) is 13.0 Å². The second kappa shape index (κ2) is 7.50. The number of rotatable bonds is 2. The van der Waals surface area contributed by atoms with Gasteiger partial charge in [-0.2, -0.15) is 26.3 Å². The Morgan fingerprint density at radius 2 is 1.59 bits per heavy atom. The number of benzene rings is 1. The van der Waals surface area contributed by atoms with E-state index in [1.807, 2.05) is 0 Å². The summed E-state index contributed by atoms with van der Waals surface area (Å²) in [7, 11) is 0. The van der Waals surface area contributed by atoms with Crippen molar-refractivity contribution in [3.05, 3.63) is 34.9 Å². The number of hydrogen-bond acceptors (Lipinski definition) is 2. The molecule has 1 aromatic rings. The van der Waals surface area contributed by atoms with Crippen LogP contribution in [0, 0.1) is 5.41 Å². The standard InChI is InChI=1S/C17H18F6N2O.ClH/c18-16(19,20)12-6-11(7-13(8-12)17(21,22)23)9-25-5-3-15(14(25)26)2-1-4-24-10-15;/h6-8,24H,1-5,9-10H2;1H. The van der Waals surface area contributed by atoms with Crippen molar-refractivity contribution >= 4 is 18.3 Å². The Morgan fingerprint density at radius 3 is 2.07 bits per heavy atom. The van der Waals surface area contributed by atoms with Gasteiger partial charge in [0.2, 0.25) is 5.91 Å². The lowest BCUT2D eigenvalue weighted by Crippen LogP contribution is -2.45. The number of nitrogens with zero attached hydrogens (tertiary/aromatic N) is 1. The molecule has 152 valence electrons. The number of likely N-dealkylation sites (tertiary alicyclic amines) is 1. The molecule has 1 aromatic carbocycles. The first kappa shape index (κ1) is 21.8. The fourth-order valence-corrected chi connectivity index (χ4v) is 3.74. The second-order valence-corrected chi connectivity index (χ2v) is 6.95. The van der Waals surface area contributed by atoms with Gasteiger partial charge in [-0.15, -0.1) is 12.4 Å². The van der Waals surface area contributed by atoms with E-state index >= 15 is 0 Å². The zero-order valence-electron chi connectivity index (χ0n) is 14.2. The van der Waals surface area contributed by atoms with Gasteiger partial charge in [-0.3, -0.25) is 4.79 Å². The normalized spacial score (nSPS) is 23.6. The van der Waals surface area contributed by atoms with Gasteiger partial charge in [0.05, 0.1) is 16.5 Å². The smallest absolute Gasteiger partial charge is 0.338 e. The van der Waals surface area contributed by atoms with E-state index in [-0.39, 0.29) is 36.5 Å². The van der Waals surface area contributed by atoms with Gasteiger partial charge in [0.15, 0.2) is 0 Å². The Labute approximate surface area is 158 Å².